The molecule has 0 radical (unpaired) electrons. The molecule has 0 fully saturated rings. The summed E-state index contributed by atoms with van der Waals surface area (Å²) in [6.45, 7) is 7.38. The van der Waals surface area contributed by atoms with Crippen molar-refractivity contribution in [2.75, 3.05) is 18.1 Å². The van der Waals surface area contributed by atoms with Crippen LogP contribution in [0.2, 0.25) is 0 Å². The van der Waals surface area contributed by atoms with Crippen LogP contribution in [0.4, 0.5) is 5.69 Å². The van der Waals surface area contributed by atoms with Crippen LogP contribution in [-0.2, 0) is 24.8 Å². The van der Waals surface area contributed by atoms with Crippen molar-refractivity contribution in [1.82, 2.24) is 14.8 Å². The van der Waals surface area contributed by atoms with E-state index in [-0.39, 0.29) is 11.5 Å². The molecular formula is C22H24N4O3. The highest BCUT2D eigenvalue weighted by Gasteiger charge is 2.26. The number of anilines is 1. The van der Waals surface area contributed by atoms with E-state index in [1.807, 2.05) is 26.0 Å². The molecule has 0 unspecified atom stereocenters. The van der Waals surface area contributed by atoms with Gasteiger partial charge in [0.1, 0.15) is 5.56 Å². The molecule has 0 saturated carbocycles. The maximum absolute atomic E-state index is 12.7. The Balaban J connectivity index is 1.89. The molecule has 0 saturated heterocycles. The first-order chi connectivity index (χ1) is 13.9. The summed E-state index contributed by atoms with van der Waals surface area (Å²) in [5.41, 5.74) is 6.05. The molecule has 1 aliphatic rings. The quantitative estimate of drug-likeness (QED) is 0.638. The molecule has 0 atom stereocenters. The van der Waals surface area contributed by atoms with Crippen molar-refractivity contribution in [2.24, 2.45) is 7.05 Å². The van der Waals surface area contributed by atoms with Crippen molar-refractivity contribution in [3.63, 3.8) is 0 Å². The lowest BCUT2D eigenvalue weighted by molar-refractivity contribution is 0.0526. The number of ether oxygens (including phenoxy) is 1. The second-order valence-corrected chi connectivity index (χ2v) is 7.39. The Morgan fingerprint density at radius 2 is 2.07 bits per heavy atom. The minimum Gasteiger partial charge on any atom is -0.462 e. The zero-order chi connectivity index (χ0) is 20.7. The van der Waals surface area contributed by atoms with E-state index in [1.54, 1.807) is 26.2 Å². The van der Waals surface area contributed by atoms with E-state index in [4.69, 9.17) is 4.74 Å². The molecule has 0 N–H and O–H groups in total. The molecule has 1 aromatic carbocycles. The van der Waals surface area contributed by atoms with Gasteiger partial charge in [-0.25, -0.2) is 9.48 Å². The molecule has 7 nitrogen and oxygen atoms in total. The number of pyridine rings is 1. The Morgan fingerprint density at radius 3 is 2.83 bits per heavy atom. The number of esters is 1. The molecule has 7 heteroatoms. The highest BCUT2D eigenvalue weighted by atomic mass is 16.5. The summed E-state index contributed by atoms with van der Waals surface area (Å²) in [6, 6.07) is 5.70. The van der Waals surface area contributed by atoms with Crippen LogP contribution < -0.4 is 10.5 Å². The van der Waals surface area contributed by atoms with Crippen LogP contribution in [0.25, 0.3) is 10.9 Å². The van der Waals surface area contributed by atoms with E-state index in [1.165, 1.54) is 4.68 Å². The van der Waals surface area contributed by atoms with E-state index in [9.17, 15) is 9.59 Å². The van der Waals surface area contributed by atoms with E-state index in [0.29, 0.717) is 31.7 Å². The monoisotopic (exact) mass is 392 g/mol. The number of fused-ring (bicyclic) bond motifs is 2. The minimum atomic E-state index is -0.386. The molecule has 4 rings (SSSR count). The third kappa shape index (κ3) is 3.26. The van der Waals surface area contributed by atoms with Crippen molar-refractivity contribution >= 4 is 22.6 Å². The molecule has 3 aromatic rings. The van der Waals surface area contributed by atoms with Gasteiger partial charge in [0.15, 0.2) is 0 Å². The molecular weight excluding hydrogens is 368 g/mol. The van der Waals surface area contributed by atoms with Gasteiger partial charge in [-0.1, -0.05) is 12.1 Å². The topological polar surface area (TPSA) is 77.3 Å². The van der Waals surface area contributed by atoms with Gasteiger partial charge in [0.05, 0.1) is 23.5 Å². The first-order valence-electron chi connectivity index (χ1n) is 9.77. The Labute approximate surface area is 168 Å². The normalized spacial score (nSPS) is 13.4. The number of hydrogen-bond donors (Lipinski definition) is 0. The van der Waals surface area contributed by atoms with E-state index < -0.39 is 0 Å². The summed E-state index contributed by atoms with van der Waals surface area (Å²) in [4.78, 5) is 31.5. The van der Waals surface area contributed by atoms with E-state index in [0.717, 1.165) is 39.0 Å². The van der Waals surface area contributed by atoms with Crippen LogP contribution >= 0.6 is 0 Å². The van der Waals surface area contributed by atoms with Crippen LogP contribution in [0.3, 0.4) is 0 Å². The van der Waals surface area contributed by atoms with Gasteiger partial charge < -0.3 is 9.64 Å². The third-order valence-corrected chi connectivity index (χ3v) is 5.58. The molecule has 0 aliphatic carbocycles. The lowest BCUT2D eigenvalue weighted by atomic mass is 9.99. The Hall–Kier alpha value is -3.22. The van der Waals surface area contributed by atoms with E-state index >= 15 is 0 Å². The fourth-order valence-corrected chi connectivity index (χ4v) is 3.88. The van der Waals surface area contributed by atoms with Crippen LogP contribution in [0.5, 0.6) is 0 Å². The van der Waals surface area contributed by atoms with Crippen LogP contribution in [0.1, 0.15) is 39.7 Å². The predicted molar refractivity (Wildman–Crippen MR) is 111 cm³/mol. The summed E-state index contributed by atoms with van der Waals surface area (Å²) in [6.07, 6.45) is 2.31. The fraction of sp³-hybridized carbons (Fsp3) is 0.364. The number of aryl methyl sites for hydroxylation is 3. The van der Waals surface area contributed by atoms with Crippen molar-refractivity contribution in [3.8, 4) is 0 Å². The maximum atomic E-state index is 12.7. The molecule has 0 spiro atoms. The van der Waals surface area contributed by atoms with Gasteiger partial charge in [0, 0.05) is 49.8 Å². The average molecular weight is 392 g/mol. The molecule has 29 heavy (non-hydrogen) atoms. The zero-order valence-electron chi connectivity index (χ0n) is 17.2. The number of carbonyl (C=O) groups excluding carboxylic acids is 1. The number of rotatable bonds is 3. The molecule has 0 bridgehead atoms. The molecule has 2 aromatic heterocycles. The minimum absolute atomic E-state index is 0.137. The molecule has 150 valence electrons. The van der Waals surface area contributed by atoms with Gasteiger partial charge in [-0.3, -0.25) is 9.78 Å². The van der Waals surface area contributed by atoms with Crippen molar-refractivity contribution < 1.29 is 9.53 Å². The Kier molecular flexibility index (Phi) is 4.82. The lowest BCUT2D eigenvalue weighted by Gasteiger charge is -2.32. The first kappa shape index (κ1) is 19.1. The van der Waals surface area contributed by atoms with Crippen molar-refractivity contribution in [1.29, 1.82) is 0 Å². The zero-order valence-corrected chi connectivity index (χ0v) is 17.2. The summed E-state index contributed by atoms with van der Waals surface area (Å²) in [7, 11) is 1.66. The highest BCUT2D eigenvalue weighted by molar-refractivity contribution is 6.06. The predicted octanol–water partition coefficient (Wildman–Crippen LogP) is 2.68. The second-order valence-electron chi connectivity index (χ2n) is 7.39. The van der Waals surface area contributed by atoms with Gasteiger partial charge in [0.2, 0.25) is 0 Å². The van der Waals surface area contributed by atoms with Crippen LogP contribution in [0, 0.1) is 13.8 Å². The standard InChI is InChI=1S/C22H24N4O3/c1-5-29-22(28)17-11-23-20-14(3)13(2)6-7-16(20)21(17)26-9-8-18-15(12-26)10-19(27)25(4)24-18/h6-7,10-11H,5,8-9,12H2,1-4H3. The van der Waals surface area contributed by atoms with Crippen LogP contribution in [-0.4, -0.2) is 33.9 Å². The van der Waals surface area contributed by atoms with Crippen molar-refractivity contribution in [2.45, 2.75) is 33.7 Å². The summed E-state index contributed by atoms with van der Waals surface area (Å²) >= 11 is 0. The van der Waals surface area contributed by atoms with Gasteiger partial charge in [-0.15, -0.1) is 0 Å². The largest absolute Gasteiger partial charge is 0.462 e. The van der Waals surface area contributed by atoms with E-state index in [2.05, 4.69) is 15.0 Å². The first-order valence-corrected chi connectivity index (χ1v) is 9.77. The number of benzene rings is 1. The Bertz CT molecular complexity index is 1180. The average Bonchev–Trinajstić information content (AvgIpc) is 2.70. The molecule has 1 aliphatic heterocycles. The number of nitrogens with zero attached hydrogens (tertiary/aromatic N) is 4. The summed E-state index contributed by atoms with van der Waals surface area (Å²) < 4.78 is 6.66. The van der Waals surface area contributed by atoms with Crippen LogP contribution in [0.15, 0.2) is 29.2 Å². The smallest absolute Gasteiger partial charge is 0.341 e. The fourth-order valence-electron chi connectivity index (χ4n) is 3.88. The van der Waals surface area contributed by atoms with Gasteiger partial charge in [-0.05, 0) is 31.9 Å². The van der Waals surface area contributed by atoms with Crippen molar-refractivity contribution in [3.05, 3.63) is 62.7 Å². The van der Waals surface area contributed by atoms with Gasteiger partial charge in [0.25, 0.3) is 5.56 Å². The lowest BCUT2D eigenvalue weighted by Crippen LogP contribution is -2.35. The number of hydrogen-bond acceptors (Lipinski definition) is 6. The summed E-state index contributed by atoms with van der Waals surface area (Å²) in [5, 5.41) is 5.31. The van der Waals surface area contributed by atoms with Gasteiger partial charge >= 0.3 is 5.97 Å². The van der Waals surface area contributed by atoms with Gasteiger partial charge in [-0.2, -0.15) is 5.10 Å². The maximum Gasteiger partial charge on any atom is 0.341 e. The molecule has 3 heterocycles. The Morgan fingerprint density at radius 1 is 1.28 bits per heavy atom. The molecule has 0 amide bonds. The third-order valence-electron chi connectivity index (χ3n) is 5.58. The number of carbonyl (C=O) groups is 1. The highest BCUT2D eigenvalue weighted by Crippen LogP contribution is 2.35. The summed E-state index contributed by atoms with van der Waals surface area (Å²) in [5.74, 6) is -0.386. The number of aromatic nitrogens is 3. The second kappa shape index (κ2) is 7.31. The SMILES string of the molecule is CCOC(=O)c1cnc2c(C)c(C)ccc2c1N1CCc2nn(C)c(=O)cc2C1.